The smallest absolute Gasteiger partial charge is 0.325 e. The topological polar surface area (TPSA) is 81.2 Å². The molecular formula is C14H15N3O3. The van der Waals surface area contributed by atoms with Crippen molar-refractivity contribution < 1.29 is 14.3 Å². The van der Waals surface area contributed by atoms with Gasteiger partial charge in [0.25, 0.3) is 5.91 Å². The number of methoxy groups -OCH3 is 1. The van der Waals surface area contributed by atoms with Crippen molar-refractivity contribution in [3.8, 4) is 0 Å². The van der Waals surface area contributed by atoms with Crippen molar-refractivity contribution >= 4 is 22.9 Å². The number of amides is 1. The summed E-state index contributed by atoms with van der Waals surface area (Å²) in [5.74, 6) is -0.845. The lowest BCUT2D eigenvalue weighted by Crippen LogP contribution is -2.30. The fourth-order valence-corrected chi connectivity index (χ4v) is 1.70. The van der Waals surface area contributed by atoms with Gasteiger partial charge in [-0.1, -0.05) is 0 Å². The predicted octanol–water partition coefficient (Wildman–Crippen LogP) is 1.15. The van der Waals surface area contributed by atoms with Crippen LogP contribution in [-0.4, -0.2) is 35.5 Å². The van der Waals surface area contributed by atoms with Crippen molar-refractivity contribution in [3.05, 3.63) is 35.2 Å². The van der Waals surface area contributed by atoms with Gasteiger partial charge in [0.15, 0.2) is 0 Å². The minimum absolute atomic E-state index is 0.161. The van der Waals surface area contributed by atoms with Crippen molar-refractivity contribution in [1.29, 1.82) is 0 Å². The van der Waals surface area contributed by atoms with E-state index in [9.17, 15) is 9.59 Å². The number of ether oxygens (including phenoxy) is 1. The summed E-state index contributed by atoms with van der Waals surface area (Å²) in [4.78, 5) is 31.7. The van der Waals surface area contributed by atoms with E-state index in [2.05, 4.69) is 20.0 Å². The van der Waals surface area contributed by atoms with Crippen LogP contribution in [0, 0.1) is 13.8 Å². The van der Waals surface area contributed by atoms with Gasteiger partial charge in [0.1, 0.15) is 6.54 Å². The Morgan fingerprint density at radius 2 is 1.80 bits per heavy atom. The van der Waals surface area contributed by atoms with Gasteiger partial charge in [-0.2, -0.15) is 0 Å². The van der Waals surface area contributed by atoms with Crippen LogP contribution >= 0.6 is 0 Å². The average molecular weight is 273 g/mol. The molecule has 2 aromatic rings. The van der Waals surface area contributed by atoms with E-state index in [-0.39, 0.29) is 12.5 Å². The van der Waals surface area contributed by atoms with E-state index in [4.69, 9.17) is 0 Å². The van der Waals surface area contributed by atoms with Crippen LogP contribution in [0.2, 0.25) is 0 Å². The molecule has 0 unspecified atom stereocenters. The molecule has 104 valence electrons. The molecule has 1 amide bonds. The van der Waals surface area contributed by atoms with E-state index in [0.717, 1.165) is 16.9 Å². The van der Waals surface area contributed by atoms with E-state index in [0.29, 0.717) is 11.1 Å². The Hall–Kier alpha value is -2.50. The van der Waals surface area contributed by atoms with Crippen molar-refractivity contribution in [3.63, 3.8) is 0 Å². The molecule has 0 saturated heterocycles. The van der Waals surface area contributed by atoms with Gasteiger partial charge in [-0.3, -0.25) is 9.59 Å². The molecule has 20 heavy (non-hydrogen) atoms. The highest BCUT2D eigenvalue weighted by atomic mass is 16.5. The number of benzene rings is 1. The van der Waals surface area contributed by atoms with Crippen molar-refractivity contribution in [2.45, 2.75) is 13.8 Å². The van der Waals surface area contributed by atoms with Gasteiger partial charge in [0, 0.05) is 5.56 Å². The summed E-state index contributed by atoms with van der Waals surface area (Å²) < 4.78 is 4.46. The number of aromatic nitrogens is 2. The molecular weight excluding hydrogens is 258 g/mol. The molecule has 2 rings (SSSR count). The first kappa shape index (κ1) is 13.9. The molecule has 1 aromatic carbocycles. The first-order valence-electron chi connectivity index (χ1n) is 6.11. The number of esters is 1. The zero-order valence-electron chi connectivity index (χ0n) is 11.6. The van der Waals surface area contributed by atoms with Crippen LogP contribution in [0.4, 0.5) is 0 Å². The number of nitrogens with zero attached hydrogens (tertiary/aromatic N) is 2. The fourth-order valence-electron chi connectivity index (χ4n) is 1.70. The standard InChI is InChI=1S/C14H15N3O3/c1-8-9(2)17-12-6-10(4-5-11(12)16-8)14(19)15-7-13(18)20-3/h4-6H,7H2,1-3H3,(H,15,19). The van der Waals surface area contributed by atoms with Crippen molar-refractivity contribution in [2.75, 3.05) is 13.7 Å². The highest BCUT2D eigenvalue weighted by molar-refractivity contribution is 5.98. The largest absolute Gasteiger partial charge is 0.468 e. The van der Waals surface area contributed by atoms with E-state index in [1.54, 1.807) is 18.2 Å². The molecule has 0 aliphatic carbocycles. The third-order valence-corrected chi connectivity index (χ3v) is 2.96. The molecule has 0 atom stereocenters. The summed E-state index contributed by atoms with van der Waals surface area (Å²) in [7, 11) is 1.27. The summed E-state index contributed by atoms with van der Waals surface area (Å²) in [6.07, 6.45) is 0. The molecule has 1 aromatic heterocycles. The number of nitrogens with one attached hydrogen (secondary N) is 1. The molecule has 0 spiro atoms. The second kappa shape index (κ2) is 5.64. The summed E-state index contributed by atoms with van der Waals surface area (Å²) in [5, 5.41) is 2.48. The Kier molecular flexibility index (Phi) is 3.93. The quantitative estimate of drug-likeness (QED) is 0.848. The van der Waals surface area contributed by atoms with Gasteiger partial charge in [0.05, 0.1) is 29.5 Å². The van der Waals surface area contributed by atoms with Gasteiger partial charge in [0.2, 0.25) is 0 Å². The zero-order chi connectivity index (χ0) is 14.7. The summed E-state index contributed by atoms with van der Waals surface area (Å²) >= 11 is 0. The molecule has 1 heterocycles. The molecule has 0 bridgehead atoms. The van der Waals surface area contributed by atoms with Crippen LogP contribution in [0.25, 0.3) is 11.0 Å². The first-order chi connectivity index (χ1) is 9.51. The summed E-state index contributed by atoms with van der Waals surface area (Å²) in [5.41, 5.74) is 3.50. The number of hydrogen-bond donors (Lipinski definition) is 1. The normalized spacial score (nSPS) is 10.3. The fraction of sp³-hybridized carbons (Fsp3) is 0.286. The second-order valence-electron chi connectivity index (χ2n) is 4.36. The third-order valence-electron chi connectivity index (χ3n) is 2.96. The van der Waals surface area contributed by atoms with Crippen LogP contribution in [-0.2, 0) is 9.53 Å². The monoisotopic (exact) mass is 273 g/mol. The van der Waals surface area contributed by atoms with E-state index < -0.39 is 5.97 Å². The predicted molar refractivity (Wildman–Crippen MR) is 73.4 cm³/mol. The Morgan fingerprint density at radius 3 is 2.45 bits per heavy atom. The summed E-state index contributed by atoms with van der Waals surface area (Å²) in [6, 6.07) is 5.04. The Bertz CT molecular complexity index is 683. The van der Waals surface area contributed by atoms with Crippen molar-refractivity contribution in [1.82, 2.24) is 15.3 Å². The van der Waals surface area contributed by atoms with E-state index in [1.807, 2.05) is 13.8 Å². The highest BCUT2D eigenvalue weighted by Crippen LogP contribution is 2.14. The van der Waals surface area contributed by atoms with E-state index >= 15 is 0 Å². The maximum atomic E-state index is 11.9. The first-order valence-corrected chi connectivity index (χ1v) is 6.11. The molecule has 0 fully saturated rings. The number of rotatable bonds is 3. The maximum absolute atomic E-state index is 11.9. The number of fused-ring (bicyclic) bond motifs is 1. The van der Waals surface area contributed by atoms with E-state index in [1.165, 1.54) is 7.11 Å². The maximum Gasteiger partial charge on any atom is 0.325 e. The zero-order valence-corrected chi connectivity index (χ0v) is 11.6. The number of carbonyl (C=O) groups excluding carboxylic acids is 2. The highest BCUT2D eigenvalue weighted by Gasteiger charge is 2.10. The minimum atomic E-state index is -0.495. The number of aryl methyl sites for hydroxylation is 2. The molecule has 0 saturated carbocycles. The van der Waals surface area contributed by atoms with Gasteiger partial charge in [-0.15, -0.1) is 0 Å². The lowest BCUT2D eigenvalue weighted by atomic mass is 10.1. The molecule has 0 aliphatic rings. The lowest BCUT2D eigenvalue weighted by molar-refractivity contribution is -0.139. The average Bonchev–Trinajstić information content (AvgIpc) is 2.45. The Balaban J connectivity index is 2.25. The molecule has 0 radical (unpaired) electrons. The molecule has 6 nitrogen and oxygen atoms in total. The van der Waals surface area contributed by atoms with Gasteiger partial charge in [-0.05, 0) is 32.0 Å². The Morgan fingerprint density at radius 1 is 1.15 bits per heavy atom. The molecule has 6 heteroatoms. The minimum Gasteiger partial charge on any atom is -0.468 e. The number of hydrogen-bond acceptors (Lipinski definition) is 5. The second-order valence-corrected chi connectivity index (χ2v) is 4.36. The van der Waals surface area contributed by atoms with Crippen LogP contribution < -0.4 is 5.32 Å². The number of carbonyl (C=O) groups is 2. The van der Waals surface area contributed by atoms with Crippen LogP contribution in [0.1, 0.15) is 21.7 Å². The molecule has 1 N–H and O–H groups in total. The van der Waals surface area contributed by atoms with Gasteiger partial charge < -0.3 is 10.1 Å². The SMILES string of the molecule is COC(=O)CNC(=O)c1ccc2nc(C)c(C)nc2c1. The lowest BCUT2D eigenvalue weighted by Gasteiger charge is -2.06. The van der Waals surface area contributed by atoms with Crippen molar-refractivity contribution in [2.24, 2.45) is 0 Å². The van der Waals surface area contributed by atoms with Crippen LogP contribution in [0.5, 0.6) is 0 Å². The van der Waals surface area contributed by atoms with Crippen LogP contribution in [0.15, 0.2) is 18.2 Å². The van der Waals surface area contributed by atoms with Gasteiger partial charge in [-0.25, -0.2) is 9.97 Å². The third kappa shape index (κ3) is 2.90. The van der Waals surface area contributed by atoms with Crippen LogP contribution in [0.3, 0.4) is 0 Å². The summed E-state index contributed by atoms with van der Waals surface area (Å²) in [6.45, 7) is 3.59. The van der Waals surface area contributed by atoms with Gasteiger partial charge >= 0.3 is 5.97 Å². The Labute approximate surface area is 116 Å². The molecule has 0 aliphatic heterocycles.